The summed E-state index contributed by atoms with van der Waals surface area (Å²) in [6, 6.07) is 0. The molecular weight excluding hydrogens is 328 g/mol. The maximum atomic E-state index is 11.2. The highest BCUT2D eigenvalue weighted by molar-refractivity contribution is 5.65. The maximum Gasteiger partial charge on any atom is 0.302 e. The van der Waals surface area contributed by atoms with E-state index in [0.717, 1.165) is 38.5 Å². The number of rotatable bonds is 3. The quantitative estimate of drug-likeness (QED) is 0.414. The third-order valence-corrected chi connectivity index (χ3v) is 6.36. The summed E-state index contributed by atoms with van der Waals surface area (Å²) in [5.74, 6) is -0.00578. The molecule has 1 aliphatic carbocycles. The molecule has 0 aromatic carbocycles. The SMILES string of the molecule is CC(=O)OCC(C)/C1=C/[C@@H]2O[C@@]2(C)CC/C=C(\C)CC[C@@H]2O[C@@]2(C)CC1. The molecule has 0 spiro atoms. The molecular formula is C22H34O4. The van der Waals surface area contributed by atoms with Gasteiger partial charge in [0.05, 0.1) is 23.9 Å². The average molecular weight is 363 g/mol. The second-order valence-corrected chi connectivity index (χ2v) is 8.84. The summed E-state index contributed by atoms with van der Waals surface area (Å²) in [6.07, 6.45) is 11.5. The number of allylic oxidation sites excluding steroid dienone is 2. The van der Waals surface area contributed by atoms with Gasteiger partial charge < -0.3 is 14.2 Å². The van der Waals surface area contributed by atoms with Gasteiger partial charge in [0.2, 0.25) is 0 Å². The summed E-state index contributed by atoms with van der Waals surface area (Å²) < 4.78 is 17.3. The van der Waals surface area contributed by atoms with Gasteiger partial charge in [-0.2, -0.15) is 0 Å². The summed E-state index contributed by atoms with van der Waals surface area (Å²) >= 11 is 0. The molecule has 4 heteroatoms. The van der Waals surface area contributed by atoms with Crippen LogP contribution < -0.4 is 0 Å². The Labute approximate surface area is 158 Å². The van der Waals surface area contributed by atoms with Gasteiger partial charge in [-0.15, -0.1) is 0 Å². The van der Waals surface area contributed by atoms with Crippen molar-refractivity contribution in [2.75, 3.05) is 6.61 Å². The van der Waals surface area contributed by atoms with Crippen LogP contribution in [0.3, 0.4) is 0 Å². The second kappa shape index (κ2) is 7.47. The first-order valence-corrected chi connectivity index (χ1v) is 10.1. The largest absolute Gasteiger partial charge is 0.465 e. The Morgan fingerprint density at radius 3 is 2.77 bits per heavy atom. The van der Waals surface area contributed by atoms with Gasteiger partial charge in [0, 0.05) is 12.8 Å². The van der Waals surface area contributed by atoms with E-state index in [1.807, 2.05) is 0 Å². The standard InChI is InChI=1S/C22H34O4/c1-15-7-6-11-21(4)20(26-21)13-18(16(2)14-24-17(3)23)10-12-22(5)19(25-22)9-8-15/h7,13,16,19-20H,6,8-12,14H2,1-5H3/b15-7+,18-13+/t16?,19-,20-,21-,22-/m0/s1. The van der Waals surface area contributed by atoms with Gasteiger partial charge in [-0.3, -0.25) is 4.79 Å². The van der Waals surface area contributed by atoms with Crippen molar-refractivity contribution < 1.29 is 19.0 Å². The fourth-order valence-corrected chi connectivity index (χ4v) is 4.04. The Hall–Kier alpha value is -1.13. The van der Waals surface area contributed by atoms with Crippen LogP contribution in [0, 0.1) is 5.92 Å². The molecule has 3 rings (SSSR count). The fourth-order valence-electron chi connectivity index (χ4n) is 4.04. The molecule has 0 saturated carbocycles. The highest BCUT2D eigenvalue weighted by Gasteiger charge is 2.52. The molecule has 3 aliphatic rings. The molecule has 0 aromatic rings. The molecule has 1 unspecified atom stereocenters. The zero-order valence-electron chi connectivity index (χ0n) is 17.0. The van der Waals surface area contributed by atoms with Crippen molar-refractivity contribution in [3.63, 3.8) is 0 Å². The van der Waals surface area contributed by atoms with Gasteiger partial charge in [0.25, 0.3) is 0 Å². The Kier molecular flexibility index (Phi) is 5.64. The first-order valence-electron chi connectivity index (χ1n) is 10.1. The molecule has 0 bridgehead atoms. The number of carbonyl (C=O) groups is 1. The molecule has 146 valence electrons. The number of hydrogen-bond donors (Lipinski definition) is 0. The minimum absolute atomic E-state index is 0.00164. The van der Waals surface area contributed by atoms with E-state index < -0.39 is 0 Å². The van der Waals surface area contributed by atoms with Gasteiger partial charge >= 0.3 is 5.97 Å². The number of carbonyl (C=O) groups excluding carboxylic acids is 1. The zero-order chi connectivity index (χ0) is 18.9. The highest BCUT2D eigenvalue weighted by Crippen LogP contribution is 2.46. The first kappa shape index (κ1) is 19.6. The van der Waals surface area contributed by atoms with Crippen molar-refractivity contribution in [2.45, 2.75) is 96.6 Å². The van der Waals surface area contributed by atoms with E-state index in [2.05, 4.69) is 39.8 Å². The lowest BCUT2D eigenvalue weighted by Crippen LogP contribution is -2.17. The van der Waals surface area contributed by atoms with Gasteiger partial charge in [-0.25, -0.2) is 0 Å². The summed E-state index contributed by atoms with van der Waals surface area (Å²) in [7, 11) is 0. The van der Waals surface area contributed by atoms with Gasteiger partial charge in [-0.1, -0.05) is 30.2 Å². The van der Waals surface area contributed by atoms with E-state index in [1.165, 1.54) is 18.1 Å². The Morgan fingerprint density at radius 1 is 1.27 bits per heavy atom. The Bertz CT molecular complexity index is 607. The van der Waals surface area contributed by atoms with Crippen molar-refractivity contribution in [1.82, 2.24) is 0 Å². The minimum Gasteiger partial charge on any atom is -0.465 e. The fraction of sp³-hybridized carbons (Fsp3) is 0.773. The maximum absolute atomic E-state index is 11.2. The van der Waals surface area contributed by atoms with Crippen LogP contribution in [0.1, 0.15) is 73.1 Å². The van der Waals surface area contributed by atoms with Gasteiger partial charge in [-0.05, 0) is 59.3 Å². The molecule has 0 radical (unpaired) electrons. The number of hydrogen-bond acceptors (Lipinski definition) is 4. The van der Waals surface area contributed by atoms with Crippen LogP contribution in [0.15, 0.2) is 23.3 Å². The predicted octanol–water partition coefficient (Wildman–Crippen LogP) is 4.73. The smallest absolute Gasteiger partial charge is 0.302 e. The molecule has 2 heterocycles. The summed E-state index contributed by atoms with van der Waals surface area (Å²) in [5, 5.41) is 0. The predicted molar refractivity (Wildman–Crippen MR) is 102 cm³/mol. The molecule has 2 saturated heterocycles. The lowest BCUT2D eigenvalue weighted by molar-refractivity contribution is -0.141. The van der Waals surface area contributed by atoms with Crippen LogP contribution in [-0.4, -0.2) is 36.0 Å². The van der Waals surface area contributed by atoms with Crippen LogP contribution in [-0.2, 0) is 19.0 Å². The van der Waals surface area contributed by atoms with E-state index in [-0.39, 0.29) is 29.2 Å². The normalized spacial score (nSPS) is 42.7. The lowest BCUT2D eigenvalue weighted by Gasteiger charge is -2.18. The summed E-state index contributed by atoms with van der Waals surface area (Å²) in [6.45, 7) is 10.7. The van der Waals surface area contributed by atoms with Gasteiger partial charge in [0.1, 0.15) is 6.10 Å². The topological polar surface area (TPSA) is 51.4 Å². The second-order valence-electron chi connectivity index (χ2n) is 8.84. The van der Waals surface area contributed by atoms with Gasteiger partial charge in [0.15, 0.2) is 0 Å². The third kappa shape index (κ3) is 4.77. The number of ether oxygens (including phenoxy) is 3. The summed E-state index contributed by atoms with van der Waals surface area (Å²) in [4.78, 5) is 11.2. The van der Waals surface area contributed by atoms with E-state index in [9.17, 15) is 4.79 Å². The van der Waals surface area contributed by atoms with Crippen molar-refractivity contribution in [3.8, 4) is 0 Å². The minimum atomic E-state index is -0.217. The molecule has 2 fully saturated rings. The molecule has 4 nitrogen and oxygen atoms in total. The van der Waals surface area contributed by atoms with Crippen LogP contribution >= 0.6 is 0 Å². The van der Waals surface area contributed by atoms with E-state index in [4.69, 9.17) is 14.2 Å². The van der Waals surface area contributed by atoms with Crippen LogP contribution in [0.4, 0.5) is 0 Å². The Morgan fingerprint density at radius 2 is 2.04 bits per heavy atom. The van der Waals surface area contributed by atoms with Crippen molar-refractivity contribution in [2.24, 2.45) is 5.92 Å². The van der Waals surface area contributed by atoms with E-state index >= 15 is 0 Å². The van der Waals surface area contributed by atoms with Crippen LogP contribution in [0.2, 0.25) is 0 Å². The van der Waals surface area contributed by atoms with Crippen molar-refractivity contribution in [1.29, 1.82) is 0 Å². The summed E-state index contributed by atoms with van der Waals surface area (Å²) in [5.41, 5.74) is 2.75. The molecule has 0 aromatic heterocycles. The molecule has 2 aliphatic heterocycles. The molecule has 0 N–H and O–H groups in total. The zero-order valence-corrected chi connectivity index (χ0v) is 17.0. The van der Waals surface area contributed by atoms with Crippen LogP contribution in [0.25, 0.3) is 0 Å². The number of esters is 1. The van der Waals surface area contributed by atoms with E-state index in [1.54, 1.807) is 0 Å². The lowest BCUT2D eigenvalue weighted by atomic mass is 9.88. The number of fused-ring (bicyclic) bond motifs is 2. The molecule has 5 atom stereocenters. The average Bonchev–Trinajstić information content (AvgIpc) is 3.42. The number of epoxide rings is 2. The molecule has 26 heavy (non-hydrogen) atoms. The van der Waals surface area contributed by atoms with Crippen molar-refractivity contribution >= 4 is 5.97 Å². The monoisotopic (exact) mass is 362 g/mol. The van der Waals surface area contributed by atoms with Crippen LogP contribution in [0.5, 0.6) is 0 Å². The first-order chi connectivity index (χ1) is 12.2. The third-order valence-electron chi connectivity index (χ3n) is 6.36. The molecule has 0 amide bonds. The Balaban J connectivity index is 1.72. The van der Waals surface area contributed by atoms with E-state index in [0.29, 0.717) is 12.7 Å². The van der Waals surface area contributed by atoms with Crippen molar-refractivity contribution in [3.05, 3.63) is 23.3 Å². The highest BCUT2D eigenvalue weighted by atomic mass is 16.6.